The number of aryl methyl sites for hydroxylation is 2. The van der Waals surface area contributed by atoms with Crippen molar-refractivity contribution in [1.82, 2.24) is 9.88 Å². The van der Waals surface area contributed by atoms with E-state index in [2.05, 4.69) is 35.1 Å². The van der Waals surface area contributed by atoms with Crippen LogP contribution in [0, 0.1) is 31.1 Å². The fraction of sp³-hybridized carbons (Fsp3) is 0.647. The first kappa shape index (κ1) is 15.8. The molecule has 21 heavy (non-hydrogen) atoms. The minimum absolute atomic E-state index is 0.577. The Hall–Kier alpha value is -1.60. The number of hydrogen-bond acceptors (Lipinski definition) is 4. The van der Waals surface area contributed by atoms with Crippen LogP contribution in [0.25, 0.3) is 0 Å². The van der Waals surface area contributed by atoms with E-state index in [1.54, 1.807) is 0 Å². The van der Waals surface area contributed by atoms with Gasteiger partial charge in [0.25, 0.3) is 0 Å². The summed E-state index contributed by atoms with van der Waals surface area (Å²) < 4.78 is 0. The van der Waals surface area contributed by atoms with Crippen molar-refractivity contribution in [3.63, 3.8) is 0 Å². The van der Waals surface area contributed by atoms with Gasteiger partial charge in [-0.2, -0.15) is 5.26 Å². The maximum Gasteiger partial charge on any atom is 0.103 e. The third-order valence-corrected chi connectivity index (χ3v) is 4.07. The van der Waals surface area contributed by atoms with E-state index in [4.69, 9.17) is 0 Å². The predicted molar refractivity (Wildman–Crippen MR) is 86.3 cm³/mol. The van der Waals surface area contributed by atoms with Crippen LogP contribution in [0.3, 0.4) is 0 Å². The Morgan fingerprint density at radius 1 is 1.48 bits per heavy atom. The maximum atomic E-state index is 9.31. The lowest BCUT2D eigenvalue weighted by atomic mass is 10.1. The molecule has 0 spiro atoms. The van der Waals surface area contributed by atoms with E-state index < -0.39 is 0 Å². The molecule has 0 radical (unpaired) electrons. The van der Waals surface area contributed by atoms with Crippen LogP contribution < -0.4 is 5.32 Å². The summed E-state index contributed by atoms with van der Waals surface area (Å²) in [7, 11) is 0. The maximum absolute atomic E-state index is 9.31. The van der Waals surface area contributed by atoms with E-state index in [0.717, 1.165) is 30.2 Å². The Kier molecular flexibility index (Phi) is 5.19. The summed E-state index contributed by atoms with van der Waals surface area (Å²) in [6.07, 6.45) is 2.52. The highest BCUT2D eigenvalue weighted by atomic mass is 15.2. The van der Waals surface area contributed by atoms with Gasteiger partial charge in [0.15, 0.2) is 0 Å². The van der Waals surface area contributed by atoms with Gasteiger partial charge in [-0.25, -0.2) is 0 Å². The summed E-state index contributed by atoms with van der Waals surface area (Å²) in [6.45, 7) is 11.7. The first-order valence-electron chi connectivity index (χ1n) is 7.87. The molecule has 0 amide bonds. The molecule has 0 aromatic carbocycles. The number of anilines is 1. The molecule has 1 fully saturated rings. The fourth-order valence-corrected chi connectivity index (χ4v) is 3.17. The largest absolute Gasteiger partial charge is 0.382 e. The zero-order valence-corrected chi connectivity index (χ0v) is 13.6. The standard InChI is InChI=1S/C17H26N4/c1-12(2)11-21-7-5-6-15(21)10-19-17-8-13(3)20-14(4)16(17)9-18/h8,12,15H,5-7,10-11H2,1-4H3,(H,19,20)/t15-/m1/s1. The topological polar surface area (TPSA) is 52.0 Å². The Morgan fingerprint density at radius 3 is 2.90 bits per heavy atom. The van der Waals surface area contributed by atoms with Crippen molar-refractivity contribution in [2.75, 3.05) is 25.0 Å². The number of nitrogens with zero attached hydrogens (tertiary/aromatic N) is 3. The van der Waals surface area contributed by atoms with Crippen molar-refractivity contribution < 1.29 is 0 Å². The summed E-state index contributed by atoms with van der Waals surface area (Å²) in [5, 5.41) is 12.8. The fourth-order valence-electron chi connectivity index (χ4n) is 3.17. The summed E-state index contributed by atoms with van der Waals surface area (Å²) in [5.74, 6) is 0.700. The van der Waals surface area contributed by atoms with Crippen LogP contribution in [-0.4, -0.2) is 35.6 Å². The first-order chi connectivity index (χ1) is 10.0. The molecule has 1 aromatic rings. The normalized spacial score (nSPS) is 19.0. The van der Waals surface area contributed by atoms with Gasteiger partial charge in [-0.15, -0.1) is 0 Å². The Morgan fingerprint density at radius 2 is 2.24 bits per heavy atom. The van der Waals surface area contributed by atoms with Crippen LogP contribution in [0.5, 0.6) is 0 Å². The van der Waals surface area contributed by atoms with Crippen molar-refractivity contribution in [3.8, 4) is 6.07 Å². The third kappa shape index (κ3) is 3.95. The van der Waals surface area contributed by atoms with Crippen molar-refractivity contribution in [2.45, 2.75) is 46.6 Å². The summed E-state index contributed by atoms with van der Waals surface area (Å²) in [5.41, 5.74) is 3.37. The lowest BCUT2D eigenvalue weighted by molar-refractivity contribution is 0.234. The van der Waals surface area contributed by atoms with Gasteiger partial charge in [0, 0.05) is 24.8 Å². The molecule has 2 heterocycles. The van der Waals surface area contributed by atoms with E-state index in [0.29, 0.717) is 17.5 Å². The molecule has 0 aliphatic carbocycles. The summed E-state index contributed by atoms with van der Waals surface area (Å²) >= 11 is 0. The predicted octanol–water partition coefficient (Wildman–Crippen LogP) is 3.10. The van der Waals surface area contributed by atoms with E-state index in [1.165, 1.54) is 19.4 Å². The Bertz CT molecular complexity index is 530. The van der Waals surface area contributed by atoms with Crippen LogP contribution in [0.1, 0.15) is 43.6 Å². The molecule has 4 heteroatoms. The van der Waals surface area contributed by atoms with Gasteiger partial charge in [0.05, 0.1) is 16.9 Å². The second-order valence-corrected chi connectivity index (χ2v) is 6.45. The molecular formula is C17H26N4. The molecule has 1 aromatic heterocycles. The molecule has 1 N–H and O–H groups in total. The molecule has 114 valence electrons. The highest BCUT2D eigenvalue weighted by molar-refractivity contribution is 5.59. The highest BCUT2D eigenvalue weighted by Crippen LogP contribution is 2.22. The van der Waals surface area contributed by atoms with Crippen LogP contribution in [0.2, 0.25) is 0 Å². The molecule has 1 atom stereocenters. The van der Waals surface area contributed by atoms with Gasteiger partial charge in [0.2, 0.25) is 0 Å². The zero-order chi connectivity index (χ0) is 15.4. The molecule has 0 saturated carbocycles. The number of nitriles is 1. The third-order valence-electron chi connectivity index (χ3n) is 4.07. The second-order valence-electron chi connectivity index (χ2n) is 6.45. The van der Waals surface area contributed by atoms with Crippen LogP contribution in [-0.2, 0) is 0 Å². The van der Waals surface area contributed by atoms with Gasteiger partial charge < -0.3 is 5.32 Å². The first-order valence-corrected chi connectivity index (χ1v) is 7.87. The van der Waals surface area contributed by atoms with Crippen LogP contribution in [0.4, 0.5) is 5.69 Å². The average Bonchev–Trinajstić information content (AvgIpc) is 2.82. The van der Waals surface area contributed by atoms with Crippen molar-refractivity contribution in [3.05, 3.63) is 23.0 Å². The molecule has 4 nitrogen and oxygen atoms in total. The van der Waals surface area contributed by atoms with Gasteiger partial charge in [-0.3, -0.25) is 9.88 Å². The second kappa shape index (κ2) is 6.91. The molecule has 1 saturated heterocycles. The summed E-state index contributed by atoms with van der Waals surface area (Å²) in [6, 6.07) is 4.83. The minimum atomic E-state index is 0.577. The van der Waals surface area contributed by atoms with Gasteiger partial charge in [-0.1, -0.05) is 13.8 Å². The quantitative estimate of drug-likeness (QED) is 0.903. The summed E-state index contributed by atoms with van der Waals surface area (Å²) in [4.78, 5) is 6.94. The minimum Gasteiger partial charge on any atom is -0.382 e. The number of aromatic nitrogens is 1. The molecular weight excluding hydrogens is 260 g/mol. The van der Waals surface area contributed by atoms with Crippen molar-refractivity contribution >= 4 is 5.69 Å². The van der Waals surface area contributed by atoms with Crippen molar-refractivity contribution in [1.29, 1.82) is 5.26 Å². The number of rotatable bonds is 5. The van der Waals surface area contributed by atoms with E-state index in [-0.39, 0.29) is 0 Å². The Labute approximate surface area is 128 Å². The number of nitrogens with one attached hydrogen (secondary N) is 1. The van der Waals surface area contributed by atoms with Gasteiger partial charge >= 0.3 is 0 Å². The zero-order valence-electron chi connectivity index (χ0n) is 13.6. The van der Waals surface area contributed by atoms with Crippen LogP contribution >= 0.6 is 0 Å². The highest BCUT2D eigenvalue weighted by Gasteiger charge is 2.24. The van der Waals surface area contributed by atoms with E-state index >= 15 is 0 Å². The number of pyridine rings is 1. The molecule has 2 rings (SSSR count). The number of likely N-dealkylation sites (tertiary alicyclic amines) is 1. The lowest BCUT2D eigenvalue weighted by Crippen LogP contribution is -2.37. The Balaban J connectivity index is 2.04. The lowest BCUT2D eigenvalue weighted by Gasteiger charge is -2.27. The molecule has 1 aliphatic heterocycles. The van der Waals surface area contributed by atoms with Crippen molar-refractivity contribution in [2.24, 2.45) is 5.92 Å². The van der Waals surface area contributed by atoms with Gasteiger partial charge in [-0.05, 0) is 45.2 Å². The van der Waals surface area contributed by atoms with E-state index in [9.17, 15) is 5.26 Å². The van der Waals surface area contributed by atoms with Gasteiger partial charge in [0.1, 0.15) is 6.07 Å². The van der Waals surface area contributed by atoms with E-state index in [1.807, 2.05) is 19.9 Å². The SMILES string of the molecule is Cc1cc(NC[C@H]2CCCN2CC(C)C)c(C#N)c(C)n1. The number of hydrogen-bond donors (Lipinski definition) is 1. The average molecular weight is 286 g/mol. The van der Waals surface area contributed by atoms with Crippen LogP contribution in [0.15, 0.2) is 6.07 Å². The smallest absolute Gasteiger partial charge is 0.103 e. The molecule has 0 bridgehead atoms. The monoisotopic (exact) mass is 286 g/mol. The molecule has 1 aliphatic rings. The molecule has 0 unspecified atom stereocenters.